The van der Waals surface area contributed by atoms with Gasteiger partial charge in [-0.1, -0.05) is 34.1 Å². The fourth-order valence-corrected chi connectivity index (χ4v) is 2.72. The molecule has 94 valence electrons. The molecule has 17 heavy (non-hydrogen) atoms. The first-order valence-electron chi connectivity index (χ1n) is 6.32. The molecule has 1 unspecified atom stereocenters. The fourth-order valence-electron chi connectivity index (χ4n) is 2.30. The van der Waals surface area contributed by atoms with E-state index in [1.807, 2.05) is 0 Å². The first-order valence-corrected chi connectivity index (χ1v) is 7.11. The molecule has 0 bridgehead atoms. The highest BCUT2D eigenvalue weighted by Crippen LogP contribution is 2.20. The lowest BCUT2D eigenvalue weighted by atomic mass is 9.93. The highest BCUT2D eigenvalue weighted by Gasteiger charge is 2.19. The lowest BCUT2D eigenvalue weighted by Crippen LogP contribution is -2.36. The van der Waals surface area contributed by atoms with Gasteiger partial charge in [-0.15, -0.1) is 0 Å². The molecule has 1 saturated heterocycles. The van der Waals surface area contributed by atoms with Gasteiger partial charge in [0.15, 0.2) is 0 Å². The van der Waals surface area contributed by atoms with Crippen LogP contribution in [0.3, 0.4) is 0 Å². The second-order valence-corrected chi connectivity index (χ2v) is 5.57. The molecule has 0 amide bonds. The molecule has 2 nitrogen and oxygen atoms in total. The number of halogens is 1. The van der Waals surface area contributed by atoms with Crippen LogP contribution in [0, 0.1) is 5.92 Å². The van der Waals surface area contributed by atoms with Crippen LogP contribution >= 0.6 is 15.9 Å². The van der Waals surface area contributed by atoms with Gasteiger partial charge in [0, 0.05) is 30.3 Å². The minimum atomic E-state index is 0.561. The minimum absolute atomic E-state index is 0.561. The van der Waals surface area contributed by atoms with Crippen LogP contribution < -0.4 is 5.32 Å². The number of hydrogen-bond donors (Lipinski definition) is 1. The molecule has 0 aromatic heterocycles. The van der Waals surface area contributed by atoms with E-state index in [1.54, 1.807) is 0 Å². The SMILES string of the molecule is CC(NCc1ccccc1Br)C1CCOCC1. The van der Waals surface area contributed by atoms with E-state index in [4.69, 9.17) is 4.74 Å². The lowest BCUT2D eigenvalue weighted by Gasteiger charge is -2.28. The summed E-state index contributed by atoms with van der Waals surface area (Å²) >= 11 is 3.58. The summed E-state index contributed by atoms with van der Waals surface area (Å²) < 4.78 is 6.58. The highest BCUT2D eigenvalue weighted by atomic mass is 79.9. The molecule has 1 heterocycles. The zero-order valence-corrected chi connectivity index (χ0v) is 11.9. The van der Waals surface area contributed by atoms with Gasteiger partial charge in [-0.2, -0.15) is 0 Å². The van der Waals surface area contributed by atoms with Crippen LogP contribution in [0.1, 0.15) is 25.3 Å². The first-order chi connectivity index (χ1) is 8.27. The van der Waals surface area contributed by atoms with Crippen LogP contribution in [0.15, 0.2) is 28.7 Å². The van der Waals surface area contributed by atoms with Crippen molar-refractivity contribution < 1.29 is 4.74 Å². The average molecular weight is 298 g/mol. The van der Waals surface area contributed by atoms with Crippen molar-refractivity contribution in [3.05, 3.63) is 34.3 Å². The van der Waals surface area contributed by atoms with Crippen molar-refractivity contribution in [3.63, 3.8) is 0 Å². The molecule has 1 atom stereocenters. The van der Waals surface area contributed by atoms with Crippen molar-refractivity contribution in [1.82, 2.24) is 5.32 Å². The maximum Gasteiger partial charge on any atom is 0.0469 e. The third kappa shape index (κ3) is 3.80. The molecule has 1 aromatic rings. The van der Waals surface area contributed by atoms with Crippen molar-refractivity contribution >= 4 is 15.9 Å². The largest absolute Gasteiger partial charge is 0.381 e. The summed E-state index contributed by atoms with van der Waals surface area (Å²) in [4.78, 5) is 0. The monoisotopic (exact) mass is 297 g/mol. The van der Waals surface area contributed by atoms with Crippen LogP contribution in [0.2, 0.25) is 0 Å². The predicted molar refractivity (Wildman–Crippen MR) is 74.0 cm³/mol. The van der Waals surface area contributed by atoms with Crippen LogP contribution in [-0.4, -0.2) is 19.3 Å². The Morgan fingerprint density at radius 1 is 1.35 bits per heavy atom. The number of rotatable bonds is 4. The summed E-state index contributed by atoms with van der Waals surface area (Å²) in [6.45, 7) is 5.06. The third-order valence-corrected chi connectivity index (χ3v) is 4.32. The Labute approximate surface area is 112 Å². The van der Waals surface area contributed by atoms with E-state index in [2.05, 4.69) is 52.4 Å². The van der Waals surface area contributed by atoms with Crippen LogP contribution in [0.5, 0.6) is 0 Å². The number of benzene rings is 1. The molecule has 1 N–H and O–H groups in total. The van der Waals surface area contributed by atoms with Crippen LogP contribution in [-0.2, 0) is 11.3 Å². The Balaban J connectivity index is 1.83. The van der Waals surface area contributed by atoms with E-state index in [-0.39, 0.29) is 0 Å². The number of ether oxygens (including phenoxy) is 1. The van der Waals surface area contributed by atoms with Crippen LogP contribution in [0.4, 0.5) is 0 Å². The molecule has 1 fully saturated rings. The van der Waals surface area contributed by atoms with Gasteiger partial charge < -0.3 is 10.1 Å². The number of hydrogen-bond acceptors (Lipinski definition) is 2. The van der Waals surface area contributed by atoms with E-state index >= 15 is 0 Å². The molecule has 0 saturated carbocycles. The summed E-state index contributed by atoms with van der Waals surface area (Å²) in [7, 11) is 0. The molecule has 2 rings (SSSR count). The minimum Gasteiger partial charge on any atom is -0.381 e. The van der Waals surface area contributed by atoms with Crippen molar-refractivity contribution in [2.45, 2.75) is 32.4 Å². The topological polar surface area (TPSA) is 21.3 Å². The average Bonchev–Trinajstić information content (AvgIpc) is 2.38. The summed E-state index contributed by atoms with van der Waals surface area (Å²) in [5.41, 5.74) is 1.33. The smallest absolute Gasteiger partial charge is 0.0469 e. The summed E-state index contributed by atoms with van der Waals surface area (Å²) in [5.74, 6) is 0.756. The lowest BCUT2D eigenvalue weighted by molar-refractivity contribution is 0.0558. The maximum absolute atomic E-state index is 5.40. The zero-order chi connectivity index (χ0) is 12.1. The molecule has 1 aliphatic heterocycles. The van der Waals surface area contributed by atoms with Gasteiger partial charge >= 0.3 is 0 Å². The maximum atomic E-state index is 5.40. The molecular weight excluding hydrogens is 278 g/mol. The van der Waals surface area contributed by atoms with E-state index in [9.17, 15) is 0 Å². The third-order valence-electron chi connectivity index (χ3n) is 3.55. The van der Waals surface area contributed by atoms with Crippen molar-refractivity contribution in [2.75, 3.05) is 13.2 Å². The Morgan fingerprint density at radius 2 is 2.06 bits per heavy atom. The van der Waals surface area contributed by atoms with Crippen molar-refractivity contribution in [3.8, 4) is 0 Å². The van der Waals surface area contributed by atoms with E-state index in [1.165, 1.54) is 22.9 Å². The second-order valence-electron chi connectivity index (χ2n) is 4.71. The standard InChI is InChI=1S/C14H20BrNO/c1-11(12-6-8-17-9-7-12)16-10-13-4-2-3-5-14(13)15/h2-5,11-12,16H,6-10H2,1H3. The van der Waals surface area contributed by atoms with Gasteiger partial charge in [-0.05, 0) is 37.3 Å². The van der Waals surface area contributed by atoms with Gasteiger partial charge in [0.25, 0.3) is 0 Å². The molecule has 3 heteroatoms. The molecule has 1 aliphatic rings. The van der Waals surface area contributed by atoms with Crippen molar-refractivity contribution in [2.24, 2.45) is 5.92 Å². The number of nitrogens with one attached hydrogen (secondary N) is 1. The van der Waals surface area contributed by atoms with Crippen molar-refractivity contribution in [1.29, 1.82) is 0 Å². The molecule has 0 spiro atoms. The Hall–Kier alpha value is -0.380. The highest BCUT2D eigenvalue weighted by molar-refractivity contribution is 9.10. The van der Waals surface area contributed by atoms with E-state index in [0.717, 1.165) is 25.7 Å². The first kappa shape index (κ1) is 13.1. The van der Waals surface area contributed by atoms with Crippen LogP contribution in [0.25, 0.3) is 0 Å². The Morgan fingerprint density at radius 3 is 2.76 bits per heavy atom. The fraction of sp³-hybridized carbons (Fsp3) is 0.571. The summed E-state index contributed by atoms with van der Waals surface area (Å²) in [6.07, 6.45) is 2.37. The van der Waals surface area contributed by atoms with Gasteiger partial charge in [0.1, 0.15) is 0 Å². The predicted octanol–water partition coefficient (Wildman–Crippen LogP) is 3.35. The van der Waals surface area contributed by atoms with Gasteiger partial charge in [-0.3, -0.25) is 0 Å². The summed E-state index contributed by atoms with van der Waals surface area (Å²) in [5, 5.41) is 3.62. The molecule has 0 aliphatic carbocycles. The second kappa shape index (κ2) is 6.53. The zero-order valence-electron chi connectivity index (χ0n) is 10.3. The van der Waals surface area contributed by atoms with Gasteiger partial charge in [0.2, 0.25) is 0 Å². The Kier molecular flexibility index (Phi) is 5.01. The molecule has 1 aromatic carbocycles. The van der Waals surface area contributed by atoms with Gasteiger partial charge in [0.05, 0.1) is 0 Å². The quantitative estimate of drug-likeness (QED) is 0.920. The van der Waals surface area contributed by atoms with E-state index in [0.29, 0.717) is 6.04 Å². The molecule has 0 radical (unpaired) electrons. The summed E-state index contributed by atoms with van der Waals surface area (Å²) in [6, 6.07) is 8.95. The normalized spacial score (nSPS) is 19.2. The Bertz CT molecular complexity index is 350. The molecular formula is C14H20BrNO. The van der Waals surface area contributed by atoms with E-state index < -0.39 is 0 Å². The van der Waals surface area contributed by atoms with Gasteiger partial charge in [-0.25, -0.2) is 0 Å².